The van der Waals surface area contributed by atoms with Gasteiger partial charge < -0.3 is 16.2 Å². The Morgan fingerprint density at radius 2 is 1.71 bits per heavy atom. The number of carbonyl (C=O) groups is 1. The number of hydrogen-bond donors (Lipinski definition) is 3. The molecule has 4 nitrogen and oxygen atoms in total. The van der Waals surface area contributed by atoms with Crippen LogP contribution in [0.2, 0.25) is 0 Å². The van der Waals surface area contributed by atoms with Crippen LogP contribution in [0.5, 0.6) is 0 Å². The van der Waals surface area contributed by atoms with Crippen LogP contribution in [0.3, 0.4) is 0 Å². The zero-order valence-electron chi connectivity index (χ0n) is 11.8. The molecule has 0 spiro atoms. The molecule has 0 aliphatic heterocycles. The summed E-state index contributed by atoms with van der Waals surface area (Å²) in [5.74, 6) is -0.173. The van der Waals surface area contributed by atoms with Crippen molar-refractivity contribution >= 4 is 5.91 Å². The number of carbonyl (C=O) groups excluding carboxylic acids is 1. The van der Waals surface area contributed by atoms with Gasteiger partial charge in [0.2, 0.25) is 5.91 Å². The lowest BCUT2D eigenvalue weighted by molar-refractivity contribution is -0.122. The van der Waals surface area contributed by atoms with E-state index in [1.165, 1.54) is 0 Å². The van der Waals surface area contributed by atoms with Crippen LogP contribution in [0.4, 0.5) is 0 Å². The van der Waals surface area contributed by atoms with E-state index >= 15 is 0 Å². The summed E-state index contributed by atoms with van der Waals surface area (Å²) >= 11 is 0. The SMILES string of the molecule is N[C@@H](Cc1ccccc1)C(=O)NCc1cccc(CO)c1. The lowest BCUT2D eigenvalue weighted by Crippen LogP contribution is -2.41. The minimum absolute atomic E-state index is 0.00466. The molecular formula is C17H20N2O2. The minimum atomic E-state index is -0.562. The van der Waals surface area contributed by atoms with Gasteiger partial charge in [0.25, 0.3) is 0 Å². The van der Waals surface area contributed by atoms with Crippen molar-refractivity contribution in [3.63, 3.8) is 0 Å². The van der Waals surface area contributed by atoms with Crippen LogP contribution in [0, 0.1) is 0 Å². The zero-order chi connectivity index (χ0) is 15.1. The number of amides is 1. The summed E-state index contributed by atoms with van der Waals surface area (Å²) < 4.78 is 0. The fraction of sp³-hybridized carbons (Fsp3) is 0.235. The Hall–Kier alpha value is -2.17. The lowest BCUT2D eigenvalue weighted by Gasteiger charge is -2.12. The highest BCUT2D eigenvalue weighted by molar-refractivity contribution is 5.81. The first-order valence-corrected chi connectivity index (χ1v) is 6.95. The molecule has 0 aliphatic rings. The Kier molecular flexibility index (Phi) is 5.49. The highest BCUT2D eigenvalue weighted by atomic mass is 16.3. The Labute approximate surface area is 124 Å². The molecule has 4 heteroatoms. The highest BCUT2D eigenvalue weighted by Crippen LogP contribution is 2.06. The molecule has 0 aliphatic carbocycles. The predicted molar refractivity (Wildman–Crippen MR) is 82.3 cm³/mol. The molecule has 0 bridgehead atoms. The van der Waals surface area contributed by atoms with Gasteiger partial charge in [-0.1, -0.05) is 54.6 Å². The van der Waals surface area contributed by atoms with Crippen LogP contribution in [0.15, 0.2) is 54.6 Å². The molecule has 1 amide bonds. The van der Waals surface area contributed by atoms with E-state index in [0.717, 1.165) is 16.7 Å². The summed E-state index contributed by atoms with van der Waals surface area (Å²) in [6.45, 7) is 0.407. The second-order valence-corrected chi connectivity index (χ2v) is 4.99. The van der Waals surface area contributed by atoms with Gasteiger partial charge in [-0.2, -0.15) is 0 Å². The molecule has 110 valence electrons. The summed E-state index contributed by atoms with van der Waals surface area (Å²) in [5.41, 5.74) is 8.74. The third-order valence-electron chi connectivity index (χ3n) is 3.28. The van der Waals surface area contributed by atoms with E-state index in [9.17, 15) is 4.79 Å². The van der Waals surface area contributed by atoms with Gasteiger partial charge in [0.15, 0.2) is 0 Å². The first kappa shape index (κ1) is 15.2. The second-order valence-electron chi connectivity index (χ2n) is 4.99. The molecule has 0 fully saturated rings. The Morgan fingerprint density at radius 1 is 1.05 bits per heavy atom. The fourth-order valence-electron chi connectivity index (χ4n) is 2.12. The number of rotatable bonds is 6. The third-order valence-corrected chi connectivity index (χ3v) is 3.28. The lowest BCUT2D eigenvalue weighted by atomic mass is 10.1. The average molecular weight is 284 g/mol. The van der Waals surface area contributed by atoms with Crippen molar-refractivity contribution in [1.82, 2.24) is 5.32 Å². The first-order valence-electron chi connectivity index (χ1n) is 6.95. The van der Waals surface area contributed by atoms with E-state index in [0.29, 0.717) is 13.0 Å². The second kappa shape index (κ2) is 7.57. The maximum Gasteiger partial charge on any atom is 0.237 e. The topological polar surface area (TPSA) is 75.4 Å². The van der Waals surface area contributed by atoms with Crippen LogP contribution in [-0.2, 0) is 24.4 Å². The summed E-state index contributed by atoms with van der Waals surface area (Å²) in [5, 5.41) is 11.9. The van der Waals surface area contributed by atoms with Crippen molar-refractivity contribution in [1.29, 1.82) is 0 Å². The Balaban J connectivity index is 1.86. The predicted octanol–water partition coefficient (Wildman–Crippen LogP) is 1.37. The van der Waals surface area contributed by atoms with E-state index < -0.39 is 6.04 Å². The van der Waals surface area contributed by atoms with Gasteiger partial charge in [-0.25, -0.2) is 0 Å². The van der Waals surface area contributed by atoms with E-state index in [2.05, 4.69) is 5.32 Å². The van der Waals surface area contributed by atoms with Crippen molar-refractivity contribution in [2.24, 2.45) is 5.73 Å². The van der Waals surface area contributed by atoms with Crippen molar-refractivity contribution in [3.8, 4) is 0 Å². The van der Waals surface area contributed by atoms with Gasteiger partial charge >= 0.3 is 0 Å². The van der Waals surface area contributed by atoms with E-state index in [4.69, 9.17) is 10.8 Å². The minimum Gasteiger partial charge on any atom is -0.392 e. The molecule has 4 N–H and O–H groups in total. The number of aliphatic hydroxyl groups excluding tert-OH is 1. The maximum atomic E-state index is 12.0. The Bertz CT molecular complexity index is 584. The standard InChI is InChI=1S/C17H20N2O2/c18-16(10-13-5-2-1-3-6-13)17(21)19-11-14-7-4-8-15(9-14)12-20/h1-9,16,20H,10-12,18H2,(H,19,21)/t16-/m0/s1. The van der Waals surface area contributed by atoms with Gasteiger partial charge in [0.05, 0.1) is 12.6 Å². The first-order chi connectivity index (χ1) is 10.2. The molecular weight excluding hydrogens is 264 g/mol. The van der Waals surface area contributed by atoms with Gasteiger partial charge in [-0.3, -0.25) is 4.79 Å². The molecule has 0 aromatic heterocycles. The van der Waals surface area contributed by atoms with E-state index in [1.54, 1.807) is 0 Å². The highest BCUT2D eigenvalue weighted by Gasteiger charge is 2.13. The fourth-order valence-corrected chi connectivity index (χ4v) is 2.12. The van der Waals surface area contributed by atoms with Gasteiger partial charge in [-0.15, -0.1) is 0 Å². The molecule has 0 saturated heterocycles. The molecule has 2 aromatic rings. The summed E-state index contributed by atoms with van der Waals surface area (Å²) in [7, 11) is 0. The number of hydrogen-bond acceptors (Lipinski definition) is 3. The van der Waals surface area contributed by atoms with Crippen molar-refractivity contribution in [3.05, 3.63) is 71.3 Å². The van der Waals surface area contributed by atoms with Gasteiger partial charge in [-0.05, 0) is 23.1 Å². The number of nitrogens with one attached hydrogen (secondary N) is 1. The van der Waals surface area contributed by atoms with Crippen LogP contribution in [-0.4, -0.2) is 17.1 Å². The quantitative estimate of drug-likeness (QED) is 0.750. The van der Waals surface area contributed by atoms with Crippen molar-refractivity contribution < 1.29 is 9.90 Å². The van der Waals surface area contributed by atoms with Gasteiger partial charge in [0, 0.05) is 6.54 Å². The van der Waals surface area contributed by atoms with Crippen LogP contribution in [0.1, 0.15) is 16.7 Å². The van der Waals surface area contributed by atoms with Crippen LogP contribution < -0.4 is 11.1 Å². The molecule has 0 heterocycles. The summed E-state index contributed by atoms with van der Waals surface area (Å²) in [6.07, 6.45) is 0.517. The smallest absolute Gasteiger partial charge is 0.237 e. The molecule has 1 atom stereocenters. The number of benzene rings is 2. The van der Waals surface area contributed by atoms with Crippen LogP contribution >= 0.6 is 0 Å². The summed E-state index contributed by atoms with van der Waals surface area (Å²) in [4.78, 5) is 12.0. The normalized spacial score (nSPS) is 11.9. The van der Waals surface area contributed by atoms with E-state index in [-0.39, 0.29) is 12.5 Å². The molecule has 21 heavy (non-hydrogen) atoms. The third kappa shape index (κ3) is 4.70. The molecule has 0 saturated carbocycles. The maximum absolute atomic E-state index is 12.0. The number of aliphatic hydroxyl groups is 1. The largest absolute Gasteiger partial charge is 0.392 e. The Morgan fingerprint density at radius 3 is 2.43 bits per heavy atom. The molecule has 0 radical (unpaired) electrons. The van der Waals surface area contributed by atoms with E-state index in [1.807, 2.05) is 54.6 Å². The summed E-state index contributed by atoms with van der Waals surface area (Å²) in [6, 6.07) is 16.6. The zero-order valence-corrected chi connectivity index (χ0v) is 11.8. The van der Waals surface area contributed by atoms with Crippen molar-refractivity contribution in [2.75, 3.05) is 0 Å². The van der Waals surface area contributed by atoms with Crippen molar-refractivity contribution in [2.45, 2.75) is 25.6 Å². The van der Waals surface area contributed by atoms with Gasteiger partial charge in [0.1, 0.15) is 0 Å². The molecule has 2 rings (SSSR count). The number of nitrogens with two attached hydrogens (primary N) is 1. The van der Waals surface area contributed by atoms with Crippen LogP contribution in [0.25, 0.3) is 0 Å². The molecule has 0 unspecified atom stereocenters. The molecule has 2 aromatic carbocycles. The monoisotopic (exact) mass is 284 g/mol. The average Bonchev–Trinajstić information content (AvgIpc) is 2.53.